The Labute approximate surface area is 112 Å². The van der Waals surface area contributed by atoms with Gasteiger partial charge in [0.1, 0.15) is 5.75 Å². The van der Waals surface area contributed by atoms with Crippen LogP contribution in [0.15, 0.2) is 12.1 Å². The van der Waals surface area contributed by atoms with Gasteiger partial charge in [-0.15, -0.1) is 0 Å². The second-order valence-corrected chi connectivity index (χ2v) is 5.57. The minimum atomic E-state index is 0.146. The fraction of sp³-hybridized carbons (Fsp3) is 0.625. The van der Waals surface area contributed by atoms with Crippen molar-refractivity contribution in [1.29, 1.82) is 0 Å². The lowest BCUT2D eigenvalue weighted by Gasteiger charge is -2.18. The Morgan fingerprint density at radius 2 is 1.83 bits per heavy atom. The summed E-state index contributed by atoms with van der Waals surface area (Å²) < 4.78 is 5.83. The van der Waals surface area contributed by atoms with Crippen molar-refractivity contribution in [2.24, 2.45) is 11.7 Å². The second-order valence-electron chi connectivity index (χ2n) is 5.57. The van der Waals surface area contributed by atoms with Gasteiger partial charge in [0, 0.05) is 6.04 Å². The zero-order valence-corrected chi connectivity index (χ0v) is 12.4. The van der Waals surface area contributed by atoms with Gasteiger partial charge < -0.3 is 10.5 Å². The highest BCUT2D eigenvalue weighted by atomic mass is 16.5. The number of nitrogens with two attached hydrogens (primary N) is 1. The van der Waals surface area contributed by atoms with Gasteiger partial charge in [0.25, 0.3) is 0 Å². The zero-order valence-electron chi connectivity index (χ0n) is 12.4. The standard InChI is InChI=1S/C16H27NO/c1-6-7-15(17)14-8-13(5)16(9-12(14)4)18-10-11(2)3/h8-9,11,15H,6-7,10,17H2,1-5H3. The van der Waals surface area contributed by atoms with E-state index in [9.17, 15) is 0 Å². The SMILES string of the molecule is CCCC(N)c1cc(C)c(OCC(C)C)cc1C. The highest BCUT2D eigenvalue weighted by molar-refractivity contribution is 5.42. The first-order valence-corrected chi connectivity index (χ1v) is 6.95. The molecule has 0 bridgehead atoms. The molecule has 0 aromatic heterocycles. The molecule has 2 heteroatoms. The van der Waals surface area contributed by atoms with Crippen molar-refractivity contribution in [3.8, 4) is 5.75 Å². The van der Waals surface area contributed by atoms with E-state index >= 15 is 0 Å². The summed E-state index contributed by atoms with van der Waals surface area (Å²) in [6, 6.07) is 4.46. The maximum atomic E-state index is 6.21. The number of rotatable bonds is 6. The van der Waals surface area contributed by atoms with Crippen LogP contribution in [0.25, 0.3) is 0 Å². The van der Waals surface area contributed by atoms with Crippen molar-refractivity contribution >= 4 is 0 Å². The highest BCUT2D eigenvalue weighted by Gasteiger charge is 2.11. The first-order valence-electron chi connectivity index (χ1n) is 6.95. The van der Waals surface area contributed by atoms with Crippen molar-refractivity contribution in [1.82, 2.24) is 0 Å². The third kappa shape index (κ3) is 4.02. The van der Waals surface area contributed by atoms with Crippen molar-refractivity contribution in [3.63, 3.8) is 0 Å². The van der Waals surface area contributed by atoms with Crippen LogP contribution in [0.1, 0.15) is 56.3 Å². The topological polar surface area (TPSA) is 35.2 Å². The summed E-state index contributed by atoms with van der Waals surface area (Å²) >= 11 is 0. The van der Waals surface area contributed by atoms with Crippen LogP contribution in [-0.2, 0) is 0 Å². The van der Waals surface area contributed by atoms with E-state index in [1.54, 1.807) is 0 Å². The molecule has 0 aliphatic rings. The monoisotopic (exact) mass is 249 g/mol. The van der Waals surface area contributed by atoms with Crippen LogP contribution in [0.5, 0.6) is 5.75 Å². The fourth-order valence-corrected chi connectivity index (χ4v) is 2.09. The lowest BCUT2D eigenvalue weighted by Crippen LogP contribution is -2.12. The molecule has 0 fully saturated rings. The van der Waals surface area contributed by atoms with E-state index in [1.165, 1.54) is 16.7 Å². The first kappa shape index (κ1) is 15.0. The third-order valence-electron chi connectivity index (χ3n) is 3.13. The Bertz CT molecular complexity index is 385. The van der Waals surface area contributed by atoms with Crippen LogP contribution >= 0.6 is 0 Å². The normalized spacial score (nSPS) is 12.8. The van der Waals surface area contributed by atoms with Gasteiger partial charge in [-0.1, -0.05) is 33.3 Å². The van der Waals surface area contributed by atoms with Gasteiger partial charge in [0.2, 0.25) is 0 Å². The van der Waals surface area contributed by atoms with Gasteiger partial charge in [-0.25, -0.2) is 0 Å². The second kappa shape index (κ2) is 6.79. The van der Waals surface area contributed by atoms with Gasteiger partial charge in [0.05, 0.1) is 6.61 Å². The Balaban J connectivity index is 2.89. The molecule has 0 saturated carbocycles. The van der Waals surface area contributed by atoms with E-state index in [2.05, 4.69) is 46.8 Å². The Kier molecular flexibility index (Phi) is 5.67. The quantitative estimate of drug-likeness (QED) is 0.822. The number of benzene rings is 1. The van der Waals surface area contributed by atoms with Gasteiger partial charge in [0.15, 0.2) is 0 Å². The molecule has 0 heterocycles. The predicted molar refractivity (Wildman–Crippen MR) is 78.1 cm³/mol. The molecule has 0 aliphatic carbocycles. The molecule has 1 unspecified atom stereocenters. The van der Waals surface area contributed by atoms with Gasteiger partial charge in [-0.3, -0.25) is 0 Å². The Hall–Kier alpha value is -1.02. The molecule has 0 saturated heterocycles. The lowest BCUT2D eigenvalue weighted by atomic mass is 9.96. The Morgan fingerprint density at radius 3 is 2.39 bits per heavy atom. The van der Waals surface area contributed by atoms with Gasteiger partial charge >= 0.3 is 0 Å². The molecule has 102 valence electrons. The molecule has 18 heavy (non-hydrogen) atoms. The summed E-state index contributed by atoms with van der Waals surface area (Å²) in [7, 11) is 0. The van der Waals surface area contributed by atoms with E-state index in [1.807, 2.05) is 0 Å². The van der Waals surface area contributed by atoms with Crippen molar-refractivity contribution in [3.05, 3.63) is 28.8 Å². The van der Waals surface area contributed by atoms with Crippen LogP contribution in [0, 0.1) is 19.8 Å². The van der Waals surface area contributed by atoms with Crippen LogP contribution < -0.4 is 10.5 Å². The van der Waals surface area contributed by atoms with Crippen molar-refractivity contribution in [2.75, 3.05) is 6.61 Å². The summed E-state index contributed by atoms with van der Waals surface area (Å²) in [5.74, 6) is 1.54. The van der Waals surface area contributed by atoms with Gasteiger partial charge in [-0.05, 0) is 48.9 Å². The van der Waals surface area contributed by atoms with Crippen LogP contribution in [0.2, 0.25) is 0 Å². The van der Waals surface area contributed by atoms with Gasteiger partial charge in [-0.2, -0.15) is 0 Å². The molecule has 2 N–H and O–H groups in total. The van der Waals surface area contributed by atoms with Crippen LogP contribution in [0.4, 0.5) is 0 Å². The first-order chi connectivity index (χ1) is 8.45. The minimum absolute atomic E-state index is 0.146. The molecule has 1 aromatic rings. The summed E-state index contributed by atoms with van der Waals surface area (Å²) in [5.41, 5.74) is 9.88. The molecule has 2 nitrogen and oxygen atoms in total. The summed E-state index contributed by atoms with van der Waals surface area (Å²) in [4.78, 5) is 0. The molecule has 0 amide bonds. The fourth-order valence-electron chi connectivity index (χ4n) is 2.09. The lowest BCUT2D eigenvalue weighted by molar-refractivity contribution is 0.269. The van der Waals surface area contributed by atoms with Crippen LogP contribution in [0.3, 0.4) is 0 Å². The zero-order chi connectivity index (χ0) is 13.7. The van der Waals surface area contributed by atoms with E-state index in [0.717, 1.165) is 25.2 Å². The smallest absolute Gasteiger partial charge is 0.122 e. The van der Waals surface area contributed by atoms with E-state index in [4.69, 9.17) is 10.5 Å². The van der Waals surface area contributed by atoms with E-state index < -0.39 is 0 Å². The third-order valence-corrected chi connectivity index (χ3v) is 3.13. The summed E-state index contributed by atoms with van der Waals surface area (Å²) in [6.45, 7) is 11.5. The number of hydrogen-bond donors (Lipinski definition) is 1. The summed E-state index contributed by atoms with van der Waals surface area (Å²) in [6.07, 6.45) is 2.15. The molecular formula is C16H27NO. The van der Waals surface area contributed by atoms with Crippen molar-refractivity contribution < 1.29 is 4.74 Å². The molecule has 1 rings (SSSR count). The highest BCUT2D eigenvalue weighted by Crippen LogP contribution is 2.28. The largest absolute Gasteiger partial charge is 0.493 e. The predicted octanol–water partition coefficient (Wildman–Crippen LogP) is 4.14. The number of aryl methyl sites for hydroxylation is 2. The maximum absolute atomic E-state index is 6.21. The maximum Gasteiger partial charge on any atom is 0.122 e. The van der Waals surface area contributed by atoms with E-state index in [0.29, 0.717) is 5.92 Å². The number of hydrogen-bond acceptors (Lipinski definition) is 2. The average Bonchev–Trinajstić information content (AvgIpc) is 2.29. The molecule has 1 atom stereocenters. The van der Waals surface area contributed by atoms with Crippen molar-refractivity contribution in [2.45, 2.75) is 53.5 Å². The Morgan fingerprint density at radius 1 is 1.17 bits per heavy atom. The average molecular weight is 249 g/mol. The molecule has 0 aliphatic heterocycles. The van der Waals surface area contributed by atoms with Crippen LogP contribution in [-0.4, -0.2) is 6.61 Å². The molecule has 0 spiro atoms. The minimum Gasteiger partial charge on any atom is -0.493 e. The van der Waals surface area contributed by atoms with E-state index in [-0.39, 0.29) is 6.04 Å². The number of ether oxygens (including phenoxy) is 1. The summed E-state index contributed by atoms with van der Waals surface area (Å²) in [5, 5.41) is 0. The molecular weight excluding hydrogens is 222 g/mol. The molecule has 0 radical (unpaired) electrons. The molecule has 1 aromatic carbocycles.